The lowest BCUT2D eigenvalue weighted by Crippen LogP contribution is -2.34. The predicted molar refractivity (Wildman–Crippen MR) is 51.3 cm³/mol. The quantitative estimate of drug-likeness (QED) is 0.789. The first kappa shape index (κ1) is 10.1. The second-order valence-electron chi connectivity index (χ2n) is 3.90. The molecule has 15 heavy (non-hydrogen) atoms. The van der Waals surface area contributed by atoms with Crippen LogP contribution in [0.15, 0.2) is 0 Å². The molecule has 1 aromatic rings. The molecule has 82 valence electrons. The van der Waals surface area contributed by atoms with Gasteiger partial charge in [0.15, 0.2) is 5.82 Å². The summed E-state index contributed by atoms with van der Waals surface area (Å²) in [4.78, 5) is 12.7. The van der Waals surface area contributed by atoms with Crippen molar-refractivity contribution in [2.24, 2.45) is 0 Å². The lowest BCUT2D eigenvalue weighted by Gasteiger charge is -2.18. The number of carboxylic acids is 1. The summed E-state index contributed by atoms with van der Waals surface area (Å²) in [5.74, 6) is -0.454. The van der Waals surface area contributed by atoms with Crippen molar-refractivity contribution in [1.29, 1.82) is 0 Å². The van der Waals surface area contributed by atoms with Gasteiger partial charge in [-0.3, -0.25) is 4.79 Å². The summed E-state index contributed by atoms with van der Waals surface area (Å²) >= 11 is 0. The smallest absolute Gasteiger partial charge is 0.317 e. The van der Waals surface area contributed by atoms with Gasteiger partial charge in [0.05, 0.1) is 6.54 Å². The molecule has 0 saturated heterocycles. The molecule has 1 heterocycles. The highest BCUT2D eigenvalue weighted by atomic mass is 16.4. The van der Waals surface area contributed by atoms with Crippen LogP contribution in [-0.2, 0) is 16.8 Å². The highest BCUT2D eigenvalue weighted by Gasteiger charge is 2.46. The van der Waals surface area contributed by atoms with Crippen LogP contribution in [0.2, 0.25) is 0 Å². The maximum absolute atomic E-state index is 11.3. The van der Waals surface area contributed by atoms with Gasteiger partial charge in [0.2, 0.25) is 0 Å². The molecular formula is C9H14N4O2. The first-order valence-electron chi connectivity index (χ1n) is 5.21. The van der Waals surface area contributed by atoms with E-state index in [0.29, 0.717) is 25.2 Å². The van der Waals surface area contributed by atoms with Crippen molar-refractivity contribution in [3.05, 3.63) is 5.82 Å². The number of carbonyl (C=O) groups is 1. The molecule has 6 nitrogen and oxygen atoms in total. The summed E-state index contributed by atoms with van der Waals surface area (Å²) in [6.45, 7) is 2.51. The molecule has 1 aliphatic carbocycles. The minimum atomic E-state index is -0.882. The van der Waals surface area contributed by atoms with E-state index < -0.39 is 11.4 Å². The van der Waals surface area contributed by atoms with E-state index in [-0.39, 0.29) is 0 Å². The third-order valence-corrected chi connectivity index (χ3v) is 3.03. The standard InChI is InChI=1S/C9H14N4O2/c1-2-13-11-7(10-12-13)9(8(14)15)5-3-4-6-9/h2-6H2,1H3,(H,14,15). The molecule has 0 aliphatic heterocycles. The molecule has 1 saturated carbocycles. The maximum atomic E-state index is 11.3. The SMILES string of the molecule is CCn1nnc(C2(C(=O)O)CCCC2)n1. The van der Waals surface area contributed by atoms with Gasteiger partial charge in [-0.15, -0.1) is 10.2 Å². The fourth-order valence-corrected chi connectivity index (χ4v) is 2.08. The van der Waals surface area contributed by atoms with Gasteiger partial charge in [0, 0.05) is 0 Å². The number of nitrogens with zero attached hydrogens (tertiary/aromatic N) is 4. The van der Waals surface area contributed by atoms with Crippen LogP contribution in [-0.4, -0.2) is 31.3 Å². The van der Waals surface area contributed by atoms with Gasteiger partial charge in [0.1, 0.15) is 5.41 Å². The van der Waals surface area contributed by atoms with Crippen molar-refractivity contribution in [2.45, 2.75) is 44.6 Å². The van der Waals surface area contributed by atoms with E-state index in [2.05, 4.69) is 15.4 Å². The maximum Gasteiger partial charge on any atom is 0.317 e. The lowest BCUT2D eigenvalue weighted by molar-refractivity contribution is -0.144. The Kier molecular flexibility index (Phi) is 2.42. The summed E-state index contributed by atoms with van der Waals surface area (Å²) in [6, 6.07) is 0. The Morgan fingerprint density at radius 2 is 2.20 bits per heavy atom. The minimum Gasteiger partial charge on any atom is -0.480 e. The van der Waals surface area contributed by atoms with Crippen LogP contribution >= 0.6 is 0 Å². The summed E-state index contributed by atoms with van der Waals surface area (Å²) < 4.78 is 0. The van der Waals surface area contributed by atoms with E-state index in [4.69, 9.17) is 0 Å². The highest BCUT2D eigenvalue weighted by molar-refractivity contribution is 5.80. The molecule has 0 atom stereocenters. The molecule has 0 spiro atoms. The van der Waals surface area contributed by atoms with Crippen LogP contribution in [0, 0.1) is 0 Å². The van der Waals surface area contributed by atoms with E-state index in [9.17, 15) is 9.90 Å². The van der Waals surface area contributed by atoms with E-state index >= 15 is 0 Å². The molecule has 0 aromatic carbocycles. The molecular weight excluding hydrogens is 196 g/mol. The van der Waals surface area contributed by atoms with Crippen LogP contribution in [0.3, 0.4) is 0 Å². The van der Waals surface area contributed by atoms with Gasteiger partial charge in [-0.1, -0.05) is 12.8 Å². The van der Waals surface area contributed by atoms with Crippen molar-refractivity contribution < 1.29 is 9.90 Å². The zero-order chi connectivity index (χ0) is 10.9. The van der Waals surface area contributed by atoms with E-state index in [1.165, 1.54) is 4.80 Å². The van der Waals surface area contributed by atoms with E-state index in [0.717, 1.165) is 12.8 Å². The number of hydrogen-bond donors (Lipinski definition) is 1. The zero-order valence-corrected chi connectivity index (χ0v) is 8.68. The van der Waals surface area contributed by atoms with Gasteiger partial charge in [-0.25, -0.2) is 0 Å². The van der Waals surface area contributed by atoms with Crippen molar-refractivity contribution in [2.75, 3.05) is 0 Å². The fourth-order valence-electron chi connectivity index (χ4n) is 2.08. The number of rotatable bonds is 3. The summed E-state index contributed by atoms with van der Waals surface area (Å²) in [5, 5.41) is 21.1. The number of aliphatic carboxylic acids is 1. The Balaban J connectivity index is 2.36. The predicted octanol–water partition coefficient (Wildman–Crippen LogP) is 0.589. The van der Waals surface area contributed by atoms with Gasteiger partial charge in [0.25, 0.3) is 0 Å². The number of aryl methyl sites for hydroxylation is 1. The molecule has 0 bridgehead atoms. The van der Waals surface area contributed by atoms with Crippen LogP contribution in [0.5, 0.6) is 0 Å². The highest BCUT2D eigenvalue weighted by Crippen LogP contribution is 2.39. The van der Waals surface area contributed by atoms with Crippen LogP contribution in [0.1, 0.15) is 38.4 Å². The molecule has 2 rings (SSSR count). The Hall–Kier alpha value is -1.46. The second-order valence-corrected chi connectivity index (χ2v) is 3.90. The Morgan fingerprint density at radius 3 is 2.67 bits per heavy atom. The van der Waals surface area contributed by atoms with Crippen molar-refractivity contribution >= 4 is 5.97 Å². The first-order valence-corrected chi connectivity index (χ1v) is 5.21. The van der Waals surface area contributed by atoms with Gasteiger partial charge >= 0.3 is 5.97 Å². The van der Waals surface area contributed by atoms with Crippen LogP contribution in [0.4, 0.5) is 0 Å². The van der Waals surface area contributed by atoms with E-state index in [1.807, 2.05) is 6.92 Å². The number of carboxylic acid groups (broad SMARTS) is 1. The minimum absolute atomic E-state index is 0.370. The fraction of sp³-hybridized carbons (Fsp3) is 0.778. The Labute approximate surface area is 87.3 Å². The molecule has 1 N–H and O–H groups in total. The first-order chi connectivity index (χ1) is 7.19. The molecule has 0 radical (unpaired) electrons. The number of tetrazole rings is 1. The molecule has 0 amide bonds. The average Bonchev–Trinajstić information content (AvgIpc) is 2.87. The van der Waals surface area contributed by atoms with E-state index in [1.54, 1.807) is 0 Å². The van der Waals surface area contributed by atoms with Gasteiger partial charge in [-0.05, 0) is 25.0 Å². The molecule has 0 unspecified atom stereocenters. The lowest BCUT2D eigenvalue weighted by atomic mass is 9.86. The number of hydrogen-bond acceptors (Lipinski definition) is 4. The molecule has 6 heteroatoms. The molecule has 1 aromatic heterocycles. The molecule has 1 fully saturated rings. The van der Waals surface area contributed by atoms with Gasteiger partial charge < -0.3 is 5.11 Å². The molecule has 1 aliphatic rings. The summed E-state index contributed by atoms with van der Waals surface area (Å²) in [6.07, 6.45) is 3.09. The topological polar surface area (TPSA) is 80.9 Å². The zero-order valence-electron chi connectivity index (χ0n) is 8.68. The van der Waals surface area contributed by atoms with Gasteiger partial charge in [-0.2, -0.15) is 4.80 Å². The average molecular weight is 210 g/mol. The van der Waals surface area contributed by atoms with Crippen LogP contribution < -0.4 is 0 Å². The third-order valence-electron chi connectivity index (χ3n) is 3.03. The van der Waals surface area contributed by atoms with Crippen molar-refractivity contribution in [1.82, 2.24) is 20.2 Å². The normalized spacial score (nSPS) is 19.3. The number of aromatic nitrogens is 4. The van der Waals surface area contributed by atoms with Crippen molar-refractivity contribution in [3.63, 3.8) is 0 Å². The Bertz CT molecular complexity index is 368. The Morgan fingerprint density at radius 1 is 1.53 bits per heavy atom. The van der Waals surface area contributed by atoms with Crippen LogP contribution in [0.25, 0.3) is 0 Å². The van der Waals surface area contributed by atoms with Crippen molar-refractivity contribution in [3.8, 4) is 0 Å². The summed E-state index contributed by atoms with van der Waals surface area (Å²) in [7, 11) is 0. The largest absolute Gasteiger partial charge is 0.480 e. The third kappa shape index (κ3) is 1.49. The second kappa shape index (κ2) is 3.60. The summed E-state index contributed by atoms with van der Waals surface area (Å²) in [5.41, 5.74) is -0.882. The monoisotopic (exact) mass is 210 g/mol.